The molecule has 25 heavy (non-hydrogen) atoms. The Bertz CT molecular complexity index is 711. The standard InChI is InChI=1S/C19H22N2O4/c1-5-25-19(22)14(2)20-21(15-10-6-8-12-17(15)23-3)16-11-7-9-13-18(16)24-4/h6-13H,5H2,1-4H3/b20-14+. The van der Waals surface area contributed by atoms with Crippen molar-refractivity contribution in [1.29, 1.82) is 0 Å². The van der Waals surface area contributed by atoms with E-state index in [0.717, 1.165) is 0 Å². The topological polar surface area (TPSA) is 60.4 Å². The number of rotatable bonds is 7. The first-order valence-electron chi connectivity index (χ1n) is 7.90. The van der Waals surface area contributed by atoms with Crippen LogP contribution in [0.2, 0.25) is 0 Å². The molecule has 2 aromatic rings. The summed E-state index contributed by atoms with van der Waals surface area (Å²) in [6.45, 7) is 3.65. The number of hydrogen-bond donors (Lipinski definition) is 0. The highest BCUT2D eigenvalue weighted by molar-refractivity contribution is 6.35. The molecule has 2 aromatic carbocycles. The third-order valence-electron chi connectivity index (χ3n) is 3.45. The van der Waals surface area contributed by atoms with Crippen LogP contribution in [0.4, 0.5) is 11.4 Å². The maximum atomic E-state index is 12.0. The molecule has 0 saturated heterocycles. The van der Waals surface area contributed by atoms with Gasteiger partial charge >= 0.3 is 5.97 Å². The minimum atomic E-state index is -0.475. The fraction of sp³-hybridized carbons (Fsp3) is 0.263. The van der Waals surface area contributed by atoms with Crippen molar-refractivity contribution in [3.63, 3.8) is 0 Å². The molecule has 0 fully saturated rings. The summed E-state index contributed by atoms with van der Waals surface area (Å²) in [5.74, 6) is 0.764. The van der Waals surface area contributed by atoms with Gasteiger partial charge in [0.25, 0.3) is 0 Å². The minimum absolute atomic E-state index is 0.221. The van der Waals surface area contributed by atoms with E-state index in [-0.39, 0.29) is 12.3 Å². The first-order chi connectivity index (χ1) is 12.1. The molecule has 0 atom stereocenters. The lowest BCUT2D eigenvalue weighted by molar-refractivity contribution is -0.135. The van der Waals surface area contributed by atoms with Gasteiger partial charge in [0.15, 0.2) is 0 Å². The summed E-state index contributed by atoms with van der Waals surface area (Å²) in [5, 5.41) is 6.08. The Kier molecular flexibility index (Phi) is 6.39. The Balaban J connectivity index is 2.60. The van der Waals surface area contributed by atoms with Crippen molar-refractivity contribution >= 4 is 23.1 Å². The summed E-state index contributed by atoms with van der Waals surface area (Å²) in [5.41, 5.74) is 1.58. The predicted octanol–water partition coefficient (Wildman–Crippen LogP) is 3.78. The van der Waals surface area contributed by atoms with Gasteiger partial charge in [-0.05, 0) is 38.1 Å². The lowest BCUT2D eigenvalue weighted by Gasteiger charge is -2.23. The summed E-state index contributed by atoms with van der Waals surface area (Å²) in [7, 11) is 3.17. The maximum Gasteiger partial charge on any atom is 0.354 e. The van der Waals surface area contributed by atoms with Crippen molar-refractivity contribution < 1.29 is 19.0 Å². The largest absolute Gasteiger partial charge is 0.494 e. The number of carbonyl (C=O) groups is 1. The Labute approximate surface area is 147 Å². The van der Waals surface area contributed by atoms with Crippen LogP contribution in [0.3, 0.4) is 0 Å². The van der Waals surface area contributed by atoms with E-state index < -0.39 is 5.97 Å². The van der Waals surface area contributed by atoms with Crippen LogP contribution in [0.25, 0.3) is 0 Å². The monoisotopic (exact) mass is 342 g/mol. The normalized spacial score (nSPS) is 11.0. The van der Waals surface area contributed by atoms with E-state index in [1.807, 2.05) is 48.5 Å². The van der Waals surface area contributed by atoms with Crippen LogP contribution in [0.5, 0.6) is 11.5 Å². The summed E-state index contributed by atoms with van der Waals surface area (Å²) in [6.07, 6.45) is 0. The first kappa shape index (κ1) is 18.3. The average Bonchev–Trinajstić information content (AvgIpc) is 2.66. The Morgan fingerprint density at radius 1 is 0.960 bits per heavy atom. The van der Waals surface area contributed by atoms with Gasteiger partial charge in [0, 0.05) is 0 Å². The van der Waals surface area contributed by atoms with Gasteiger partial charge in [0.1, 0.15) is 28.6 Å². The molecular formula is C19H22N2O4. The zero-order valence-corrected chi connectivity index (χ0v) is 14.9. The molecule has 0 aliphatic rings. The number of esters is 1. The molecule has 0 spiro atoms. The van der Waals surface area contributed by atoms with Gasteiger partial charge in [-0.1, -0.05) is 24.3 Å². The second-order valence-corrected chi connectivity index (χ2v) is 5.06. The van der Waals surface area contributed by atoms with Crippen LogP contribution in [0, 0.1) is 0 Å². The second-order valence-electron chi connectivity index (χ2n) is 5.06. The third kappa shape index (κ3) is 4.29. The highest BCUT2D eigenvalue weighted by atomic mass is 16.5. The number of ether oxygens (including phenoxy) is 3. The number of carbonyl (C=O) groups excluding carboxylic acids is 1. The predicted molar refractivity (Wildman–Crippen MR) is 97.9 cm³/mol. The van der Waals surface area contributed by atoms with E-state index >= 15 is 0 Å². The maximum absolute atomic E-state index is 12.0. The van der Waals surface area contributed by atoms with Gasteiger partial charge in [0.05, 0.1) is 20.8 Å². The molecule has 0 amide bonds. The number of nitrogens with zero attached hydrogens (tertiary/aromatic N) is 2. The zero-order valence-electron chi connectivity index (χ0n) is 14.9. The average molecular weight is 342 g/mol. The first-order valence-corrected chi connectivity index (χ1v) is 7.90. The number of benzene rings is 2. The molecule has 0 aromatic heterocycles. The molecule has 2 rings (SSSR count). The van der Waals surface area contributed by atoms with Crippen molar-refractivity contribution in [3.8, 4) is 11.5 Å². The van der Waals surface area contributed by atoms with Gasteiger partial charge in [-0.25, -0.2) is 9.80 Å². The van der Waals surface area contributed by atoms with Crippen LogP contribution in [-0.4, -0.2) is 32.5 Å². The van der Waals surface area contributed by atoms with Crippen molar-refractivity contribution in [2.24, 2.45) is 5.10 Å². The van der Waals surface area contributed by atoms with Gasteiger partial charge in [-0.2, -0.15) is 5.10 Å². The van der Waals surface area contributed by atoms with Crippen molar-refractivity contribution in [1.82, 2.24) is 0 Å². The summed E-state index contributed by atoms with van der Waals surface area (Å²) >= 11 is 0. The summed E-state index contributed by atoms with van der Waals surface area (Å²) in [4.78, 5) is 12.0. The molecule has 0 radical (unpaired) electrons. The van der Waals surface area contributed by atoms with E-state index in [9.17, 15) is 4.79 Å². The van der Waals surface area contributed by atoms with Crippen LogP contribution in [0.15, 0.2) is 53.6 Å². The molecular weight excluding hydrogens is 320 g/mol. The Morgan fingerprint density at radius 3 is 1.88 bits per heavy atom. The molecule has 0 unspecified atom stereocenters. The van der Waals surface area contributed by atoms with E-state index in [1.165, 1.54) is 0 Å². The smallest absolute Gasteiger partial charge is 0.354 e. The SMILES string of the molecule is CCOC(=O)/C(C)=N/N(c1ccccc1OC)c1ccccc1OC. The van der Waals surface area contributed by atoms with Crippen molar-refractivity contribution in [3.05, 3.63) is 48.5 Å². The fourth-order valence-corrected chi connectivity index (χ4v) is 2.27. The lowest BCUT2D eigenvalue weighted by atomic mass is 10.2. The van der Waals surface area contributed by atoms with Crippen LogP contribution < -0.4 is 14.5 Å². The number of hydrazone groups is 1. The molecule has 0 heterocycles. The van der Waals surface area contributed by atoms with Gasteiger partial charge < -0.3 is 14.2 Å². The minimum Gasteiger partial charge on any atom is -0.494 e. The molecule has 0 aliphatic heterocycles. The quantitative estimate of drug-likeness (QED) is 0.435. The molecule has 6 heteroatoms. The van der Waals surface area contributed by atoms with Crippen molar-refractivity contribution in [2.75, 3.05) is 25.8 Å². The van der Waals surface area contributed by atoms with Crippen LogP contribution in [0.1, 0.15) is 13.8 Å². The fourth-order valence-electron chi connectivity index (χ4n) is 2.27. The number of anilines is 2. The third-order valence-corrected chi connectivity index (χ3v) is 3.45. The Morgan fingerprint density at radius 2 is 1.44 bits per heavy atom. The van der Waals surface area contributed by atoms with E-state index in [0.29, 0.717) is 22.9 Å². The molecule has 6 nitrogen and oxygen atoms in total. The molecule has 0 saturated carbocycles. The Hall–Kier alpha value is -3.02. The van der Waals surface area contributed by atoms with Crippen LogP contribution in [-0.2, 0) is 9.53 Å². The lowest BCUT2D eigenvalue weighted by Crippen LogP contribution is -2.20. The molecule has 0 bridgehead atoms. The highest BCUT2D eigenvalue weighted by Crippen LogP contribution is 2.38. The van der Waals surface area contributed by atoms with E-state index in [4.69, 9.17) is 14.2 Å². The van der Waals surface area contributed by atoms with E-state index in [2.05, 4.69) is 5.10 Å². The van der Waals surface area contributed by atoms with Gasteiger partial charge in [-0.3, -0.25) is 0 Å². The second kappa shape index (κ2) is 8.73. The zero-order chi connectivity index (χ0) is 18.2. The highest BCUT2D eigenvalue weighted by Gasteiger charge is 2.19. The number of methoxy groups -OCH3 is 2. The van der Waals surface area contributed by atoms with Crippen LogP contribution >= 0.6 is 0 Å². The molecule has 0 aliphatic carbocycles. The number of hydrogen-bond acceptors (Lipinski definition) is 6. The van der Waals surface area contributed by atoms with E-state index in [1.54, 1.807) is 33.1 Å². The summed E-state index contributed by atoms with van der Waals surface area (Å²) in [6, 6.07) is 14.8. The van der Waals surface area contributed by atoms with Crippen molar-refractivity contribution in [2.45, 2.75) is 13.8 Å². The van der Waals surface area contributed by atoms with Gasteiger partial charge in [0.2, 0.25) is 0 Å². The summed E-state index contributed by atoms with van der Waals surface area (Å²) < 4.78 is 15.9. The van der Waals surface area contributed by atoms with Gasteiger partial charge in [-0.15, -0.1) is 0 Å². The number of para-hydroxylation sites is 4. The molecule has 132 valence electrons. The molecule has 0 N–H and O–H groups in total.